The van der Waals surface area contributed by atoms with Gasteiger partial charge in [0, 0.05) is 19.5 Å². The first-order chi connectivity index (χ1) is 12.6. The zero-order valence-electron chi connectivity index (χ0n) is 14.1. The van der Waals surface area contributed by atoms with Crippen molar-refractivity contribution in [3.8, 4) is 5.75 Å². The van der Waals surface area contributed by atoms with E-state index in [0.29, 0.717) is 19.4 Å². The second kappa shape index (κ2) is 10.4. The van der Waals surface area contributed by atoms with Gasteiger partial charge >= 0.3 is 0 Å². The lowest BCUT2D eigenvalue weighted by Crippen LogP contribution is -2.35. The van der Waals surface area contributed by atoms with Crippen molar-refractivity contribution < 1.29 is 18.7 Å². The van der Waals surface area contributed by atoms with E-state index in [4.69, 9.17) is 16.3 Å². The largest absolute Gasteiger partial charge is 0.494 e. The summed E-state index contributed by atoms with van der Waals surface area (Å²) in [4.78, 5) is 23.6. The van der Waals surface area contributed by atoms with E-state index in [9.17, 15) is 14.0 Å². The van der Waals surface area contributed by atoms with Crippen LogP contribution in [0, 0.1) is 5.82 Å². The molecule has 0 aliphatic carbocycles. The molecule has 0 fully saturated rings. The van der Waals surface area contributed by atoms with Crippen molar-refractivity contribution in [2.75, 3.05) is 19.7 Å². The van der Waals surface area contributed by atoms with E-state index in [2.05, 4.69) is 10.6 Å². The molecule has 0 bridgehead atoms. The highest BCUT2D eigenvalue weighted by molar-refractivity contribution is 6.33. The number of nitrogens with one attached hydrogen (secondary N) is 2. The number of hydrogen-bond donors (Lipinski definition) is 2. The first-order valence-corrected chi connectivity index (χ1v) is 8.62. The maximum atomic E-state index is 13.6. The lowest BCUT2D eigenvalue weighted by molar-refractivity contribution is -0.121. The summed E-state index contributed by atoms with van der Waals surface area (Å²) in [5.74, 6) is -0.668. The predicted molar refractivity (Wildman–Crippen MR) is 97.9 cm³/mol. The maximum absolute atomic E-state index is 13.6. The van der Waals surface area contributed by atoms with Crippen LogP contribution in [0.15, 0.2) is 48.5 Å². The van der Waals surface area contributed by atoms with Gasteiger partial charge in [0.15, 0.2) is 0 Å². The van der Waals surface area contributed by atoms with Crippen molar-refractivity contribution >= 4 is 23.4 Å². The van der Waals surface area contributed by atoms with Gasteiger partial charge in [0.25, 0.3) is 5.91 Å². The minimum atomic E-state index is -0.683. The molecule has 0 saturated heterocycles. The van der Waals surface area contributed by atoms with Crippen LogP contribution in [-0.2, 0) is 4.79 Å². The molecule has 2 aromatic carbocycles. The highest BCUT2D eigenvalue weighted by Crippen LogP contribution is 2.18. The average molecular weight is 379 g/mol. The number of para-hydroxylation sites is 1. The molecule has 0 aliphatic heterocycles. The van der Waals surface area contributed by atoms with E-state index >= 15 is 0 Å². The summed E-state index contributed by atoms with van der Waals surface area (Å²) in [7, 11) is 0. The van der Waals surface area contributed by atoms with Gasteiger partial charge in [-0.2, -0.15) is 0 Å². The zero-order valence-corrected chi connectivity index (χ0v) is 14.9. The lowest BCUT2D eigenvalue weighted by atomic mass is 10.2. The molecule has 0 unspecified atom stereocenters. The Bertz CT molecular complexity index is 721. The molecule has 0 heterocycles. The fourth-order valence-electron chi connectivity index (χ4n) is 2.21. The predicted octanol–water partition coefficient (Wildman–Crippen LogP) is 3.18. The molecule has 2 N–H and O–H groups in total. The van der Waals surface area contributed by atoms with E-state index in [1.54, 1.807) is 0 Å². The average Bonchev–Trinajstić information content (AvgIpc) is 2.63. The molecule has 7 heteroatoms. The van der Waals surface area contributed by atoms with Crippen molar-refractivity contribution in [2.24, 2.45) is 0 Å². The van der Waals surface area contributed by atoms with E-state index in [-0.39, 0.29) is 29.6 Å². The van der Waals surface area contributed by atoms with Gasteiger partial charge in [0.2, 0.25) is 5.91 Å². The Morgan fingerprint density at radius 2 is 1.73 bits per heavy atom. The van der Waals surface area contributed by atoms with Crippen LogP contribution in [0.2, 0.25) is 5.02 Å². The van der Waals surface area contributed by atoms with Crippen LogP contribution < -0.4 is 15.4 Å². The SMILES string of the molecule is O=C(CCCOc1ccccc1)NCCNC(=O)c1c(F)cccc1Cl. The summed E-state index contributed by atoms with van der Waals surface area (Å²) < 4.78 is 19.1. The third kappa shape index (κ3) is 6.37. The zero-order chi connectivity index (χ0) is 18.8. The van der Waals surface area contributed by atoms with Gasteiger partial charge in [-0.25, -0.2) is 4.39 Å². The molecule has 0 saturated carbocycles. The van der Waals surface area contributed by atoms with E-state index in [1.807, 2.05) is 30.3 Å². The van der Waals surface area contributed by atoms with E-state index in [0.717, 1.165) is 5.75 Å². The summed E-state index contributed by atoms with van der Waals surface area (Å²) in [6, 6.07) is 13.4. The van der Waals surface area contributed by atoms with Crippen molar-refractivity contribution in [2.45, 2.75) is 12.8 Å². The maximum Gasteiger partial charge on any atom is 0.255 e. The van der Waals surface area contributed by atoms with Gasteiger partial charge in [-0.05, 0) is 30.7 Å². The minimum absolute atomic E-state index is 0.0463. The highest BCUT2D eigenvalue weighted by Gasteiger charge is 2.14. The number of carbonyl (C=O) groups is 2. The first-order valence-electron chi connectivity index (χ1n) is 8.24. The van der Waals surface area contributed by atoms with Crippen molar-refractivity contribution in [1.82, 2.24) is 10.6 Å². The molecule has 0 aliphatic rings. The minimum Gasteiger partial charge on any atom is -0.494 e. The van der Waals surface area contributed by atoms with Crippen LogP contribution >= 0.6 is 11.6 Å². The van der Waals surface area contributed by atoms with Gasteiger partial charge in [-0.3, -0.25) is 9.59 Å². The summed E-state index contributed by atoms with van der Waals surface area (Å²) in [5.41, 5.74) is -0.196. The summed E-state index contributed by atoms with van der Waals surface area (Å²) >= 11 is 5.82. The van der Waals surface area contributed by atoms with Crippen LogP contribution in [0.4, 0.5) is 4.39 Å². The molecule has 2 amide bonds. The third-order valence-corrected chi connectivity index (χ3v) is 3.80. The molecular formula is C19H20ClFN2O3. The van der Waals surface area contributed by atoms with Crippen LogP contribution in [0.3, 0.4) is 0 Å². The summed E-state index contributed by atoms with van der Waals surface area (Å²) in [6.07, 6.45) is 0.901. The van der Waals surface area contributed by atoms with E-state index in [1.165, 1.54) is 18.2 Å². The standard InChI is InChI=1S/C19H20ClFN2O3/c20-15-8-4-9-16(21)18(15)19(25)23-12-11-22-17(24)10-5-13-26-14-6-2-1-3-7-14/h1-4,6-9H,5,10-13H2,(H,22,24)(H,23,25). The van der Waals surface area contributed by atoms with Crippen LogP contribution in [0.5, 0.6) is 5.75 Å². The molecule has 2 aromatic rings. The van der Waals surface area contributed by atoms with Crippen molar-refractivity contribution in [3.05, 3.63) is 64.9 Å². The number of amides is 2. The van der Waals surface area contributed by atoms with Gasteiger partial charge in [-0.15, -0.1) is 0 Å². The molecule has 2 rings (SSSR count). The normalized spacial score (nSPS) is 10.2. The topological polar surface area (TPSA) is 67.4 Å². The Morgan fingerprint density at radius 1 is 1.00 bits per heavy atom. The molecular weight excluding hydrogens is 359 g/mol. The monoisotopic (exact) mass is 378 g/mol. The molecule has 26 heavy (non-hydrogen) atoms. The molecule has 5 nitrogen and oxygen atoms in total. The first kappa shape index (κ1) is 19.7. The van der Waals surface area contributed by atoms with Gasteiger partial charge in [-0.1, -0.05) is 35.9 Å². The molecule has 0 spiro atoms. The Morgan fingerprint density at radius 3 is 2.46 bits per heavy atom. The number of ether oxygens (including phenoxy) is 1. The highest BCUT2D eigenvalue weighted by atomic mass is 35.5. The van der Waals surface area contributed by atoms with E-state index < -0.39 is 11.7 Å². The Balaban J connectivity index is 1.59. The Kier molecular flexibility index (Phi) is 7.89. The van der Waals surface area contributed by atoms with Gasteiger partial charge < -0.3 is 15.4 Å². The van der Waals surface area contributed by atoms with Crippen LogP contribution in [0.25, 0.3) is 0 Å². The number of hydrogen-bond acceptors (Lipinski definition) is 3. The van der Waals surface area contributed by atoms with Crippen LogP contribution in [0.1, 0.15) is 23.2 Å². The number of benzene rings is 2. The lowest BCUT2D eigenvalue weighted by Gasteiger charge is -2.09. The quantitative estimate of drug-likeness (QED) is 0.658. The van der Waals surface area contributed by atoms with Gasteiger partial charge in [0.1, 0.15) is 11.6 Å². The molecule has 138 valence electrons. The summed E-state index contributed by atoms with van der Waals surface area (Å²) in [5, 5.41) is 5.25. The van der Waals surface area contributed by atoms with Crippen LogP contribution in [-0.4, -0.2) is 31.5 Å². The Hall–Kier alpha value is -2.60. The number of carbonyl (C=O) groups excluding carboxylic acids is 2. The number of halogens is 2. The Labute approximate surface area is 156 Å². The smallest absolute Gasteiger partial charge is 0.255 e. The summed E-state index contributed by atoms with van der Waals surface area (Å²) in [6.45, 7) is 0.867. The number of rotatable bonds is 9. The fraction of sp³-hybridized carbons (Fsp3) is 0.263. The molecule has 0 atom stereocenters. The fourth-order valence-corrected chi connectivity index (χ4v) is 2.46. The second-order valence-electron chi connectivity index (χ2n) is 5.47. The van der Waals surface area contributed by atoms with Gasteiger partial charge in [0.05, 0.1) is 17.2 Å². The molecule has 0 aromatic heterocycles. The second-order valence-corrected chi connectivity index (χ2v) is 5.87. The van der Waals surface area contributed by atoms with Crippen molar-refractivity contribution in [3.63, 3.8) is 0 Å². The third-order valence-electron chi connectivity index (χ3n) is 3.48. The molecule has 0 radical (unpaired) electrons. The van der Waals surface area contributed by atoms with Crippen molar-refractivity contribution in [1.29, 1.82) is 0 Å².